The second-order valence-electron chi connectivity index (χ2n) is 5.28. The standard InChI is InChI=1S/C13H23N3O3/c1-2-19-13(18)16-7-5-15(6-8-16)12(17)10-3-4-11(14)9-10/h10-11H,2-9,14H2,1H3. The van der Waals surface area contributed by atoms with E-state index in [1.807, 2.05) is 4.90 Å². The van der Waals surface area contributed by atoms with Crippen LogP contribution in [0.5, 0.6) is 0 Å². The van der Waals surface area contributed by atoms with Gasteiger partial charge in [0.15, 0.2) is 0 Å². The number of amides is 2. The smallest absolute Gasteiger partial charge is 0.409 e. The largest absolute Gasteiger partial charge is 0.450 e. The van der Waals surface area contributed by atoms with Gasteiger partial charge in [0.05, 0.1) is 6.61 Å². The van der Waals surface area contributed by atoms with Gasteiger partial charge in [-0.3, -0.25) is 4.79 Å². The SMILES string of the molecule is CCOC(=O)N1CCN(C(=O)C2CCC(N)C2)CC1. The maximum atomic E-state index is 12.3. The molecular formula is C13H23N3O3. The molecule has 2 atom stereocenters. The van der Waals surface area contributed by atoms with E-state index in [9.17, 15) is 9.59 Å². The fourth-order valence-corrected chi connectivity index (χ4v) is 2.82. The van der Waals surface area contributed by atoms with Crippen LogP contribution >= 0.6 is 0 Å². The van der Waals surface area contributed by atoms with Crippen LogP contribution in [0, 0.1) is 5.92 Å². The zero-order valence-corrected chi connectivity index (χ0v) is 11.5. The van der Waals surface area contributed by atoms with Gasteiger partial charge < -0.3 is 20.3 Å². The third-order valence-corrected chi connectivity index (χ3v) is 3.94. The molecule has 2 amide bonds. The Kier molecular flexibility index (Phi) is 4.63. The van der Waals surface area contributed by atoms with Crippen LogP contribution in [0.2, 0.25) is 0 Å². The van der Waals surface area contributed by atoms with E-state index in [2.05, 4.69) is 0 Å². The molecule has 2 aliphatic rings. The summed E-state index contributed by atoms with van der Waals surface area (Å²) >= 11 is 0. The van der Waals surface area contributed by atoms with Crippen LogP contribution < -0.4 is 5.73 Å². The van der Waals surface area contributed by atoms with E-state index in [1.54, 1.807) is 11.8 Å². The summed E-state index contributed by atoms with van der Waals surface area (Å²) in [7, 11) is 0. The van der Waals surface area contributed by atoms with Crippen LogP contribution in [0.3, 0.4) is 0 Å². The number of hydrogen-bond acceptors (Lipinski definition) is 4. The van der Waals surface area contributed by atoms with Crippen molar-refractivity contribution in [3.63, 3.8) is 0 Å². The van der Waals surface area contributed by atoms with Crippen LogP contribution in [0.25, 0.3) is 0 Å². The number of rotatable bonds is 2. The molecule has 1 aliphatic heterocycles. The van der Waals surface area contributed by atoms with Gasteiger partial charge in [0, 0.05) is 38.1 Å². The molecule has 1 saturated heterocycles. The van der Waals surface area contributed by atoms with Gasteiger partial charge in [0.1, 0.15) is 0 Å². The molecule has 0 bridgehead atoms. The maximum absolute atomic E-state index is 12.3. The Morgan fingerprint density at radius 1 is 1.16 bits per heavy atom. The highest BCUT2D eigenvalue weighted by Gasteiger charge is 2.33. The van der Waals surface area contributed by atoms with Crippen molar-refractivity contribution >= 4 is 12.0 Å². The first-order chi connectivity index (χ1) is 9.11. The van der Waals surface area contributed by atoms with Crippen molar-refractivity contribution < 1.29 is 14.3 Å². The van der Waals surface area contributed by atoms with Crippen molar-refractivity contribution in [3.8, 4) is 0 Å². The Bertz CT molecular complexity index is 340. The summed E-state index contributed by atoms with van der Waals surface area (Å²) in [6, 6.07) is 0.176. The van der Waals surface area contributed by atoms with E-state index in [-0.39, 0.29) is 24.0 Å². The molecule has 0 aromatic carbocycles. The van der Waals surface area contributed by atoms with Crippen LogP contribution in [0.1, 0.15) is 26.2 Å². The molecule has 2 N–H and O–H groups in total. The van der Waals surface area contributed by atoms with Crippen LogP contribution in [0.4, 0.5) is 4.79 Å². The molecule has 1 saturated carbocycles. The molecule has 108 valence electrons. The highest BCUT2D eigenvalue weighted by atomic mass is 16.6. The zero-order valence-electron chi connectivity index (χ0n) is 11.5. The average molecular weight is 269 g/mol. The van der Waals surface area contributed by atoms with Gasteiger partial charge in [-0.15, -0.1) is 0 Å². The lowest BCUT2D eigenvalue weighted by atomic mass is 10.1. The first-order valence-corrected chi connectivity index (χ1v) is 7.08. The second kappa shape index (κ2) is 6.23. The molecule has 19 heavy (non-hydrogen) atoms. The van der Waals surface area contributed by atoms with Gasteiger partial charge >= 0.3 is 6.09 Å². The van der Waals surface area contributed by atoms with Gasteiger partial charge in [-0.25, -0.2) is 4.79 Å². The summed E-state index contributed by atoms with van der Waals surface area (Å²) in [5, 5.41) is 0. The predicted molar refractivity (Wildman–Crippen MR) is 70.5 cm³/mol. The molecular weight excluding hydrogens is 246 g/mol. The number of nitrogens with two attached hydrogens (primary N) is 1. The van der Waals surface area contributed by atoms with E-state index in [4.69, 9.17) is 10.5 Å². The van der Waals surface area contributed by atoms with Gasteiger partial charge in [-0.05, 0) is 26.2 Å². The summed E-state index contributed by atoms with van der Waals surface area (Å²) in [4.78, 5) is 27.4. The number of nitrogens with zero attached hydrogens (tertiary/aromatic N) is 2. The van der Waals surface area contributed by atoms with Crippen molar-refractivity contribution in [2.24, 2.45) is 11.7 Å². The van der Waals surface area contributed by atoms with Crippen LogP contribution in [-0.4, -0.2) is 60.6 Å². The van der Waals surface area contributed by atoms with Crippen LogP contribution in [0.15, 0.2) is 0 Å². The Hall–Kier alpha value is -1.30. The molecule has 0 radical (unpaired) electrons. The Morgan fingerprint density at radius 3 is 2.32 bits per heavy atom. The van der Waals surface area contributed by atoms with Crippen molar-refractivity contribution in [1.82, 2.24) is 9.80 Å². The highest BCUT2D eigenvalue weighted by molar-refractivity contribution is 5.79. The number of carbonyl (C=O) groups is 2. The van der Waals surface area contributed by atoms with E-state index in [0.29, 0.717) is 32.8 Å². The molecule has 6 nitrogen and oxygen atoms in total. The van der Waals surface area contributed by atoms with Gasteiger partial charge in [0.2, 0.25) is 5.91 Å². The lowest BCUT2D eigenvalue weighted by molar-refractivity contribution is -0.137. The lowest BCUT2D eigenvalue weighted by Crippen LogP contribution is -2.52. The van der Waals surface area contributed by atoms with Crippen molar-refractivity contribution in [1.29, 1.82) is 0 Å². The Balaban J connectivity index is 1.79. The topological polar surface area (TPSA) is 75.9 Å². The molecule has 2 unspecified atom stereocenters. The number of ether oxygens (including phenoxy) is 1. The lowest BCUT2D eigenvalue weighted by Gasteiger charge is -2.35. The molecule has 1 aliphatic carbocycles. The number of hydrogen-bond donors (Lipinski definition) is 1. The summed E-state index contributed by atoms with van der Waals surface area (Å²) in [5.41, 5.74) is 5.85. The zero-order chi connectivity index (χ0) is 13.8. The monoisotopic (exact) mass is 269 g/mol. The molecule has 6 heteroatoms. The van der Waals surface area contributed by atoms with Gasteiger partial charge in [-0.1, -0.05) is 0 Å². The normalized spacial score (nSPS) is 27.5. The summed E-state index contributed by atoms with van der Waals surface area (Å²) in [6.45, 7) is 4.50. The molecule has 0 aromatic heterocycles. The average Bonchev–Trinajstić information content (AvgIpc) is 2.85. The Morgan fingerprint density at radius 2 is 1.79 bits per heavy atom. The first-order valence-electron chi connectivity index (χ1n) is 7.08. The maximum Gasteiger partial charge on any atom is 0.409 e. The van der Waals surface area contributed by atoms with Crippen molar-refractivity contribution in [2.75, 3.05) is 32.8 Å². The van der Waals surface area contributed by atoms with Gasteiger partial charge in [-0.2, -0.15) is 0 Å². The fourth-order valence-electron chi connectivity index (χ4n) is 2.82. The molecule has 1 heterocycles. The third-order valence-electron chi connectivity index (χ3n) is 3.94. The number of piperazine rings is 1. The van der Waals surface area contributed by atoms with Crippen molar-refractivity contribution in [3.05, 3.63) is 0 Å². The molecule has 0 spiro atoms. The molecule has 2 rings (SSSR count). The van der Waals surface area contributed by atoms with Crippen LogP contribution in [-0.2, 0) is 9.53 Å². The van der Waals surface area contributed by atoms with E-state index < -0.39 is 0 Å². The predicted octanol–water partition coefficient (Wildman–Crippen LogP) is 0.415. The number of carbonyl (C=O) groups excluding carboxylic acids is 2. The first kappa shape index (κ1) is 14.1. The van der Waals surface area contributed by atoms with Crippen molar-refractivity contribution in [2.45, 2.75) is 32.2 Å². The highest BCUT2D eigenvalue weighted by Crippen LogP contribution is 2.26. The second-order valence-corrected chi connectivity index (χ2v) is 5.28. The molecule has 0 aromatic rings. The summed E-state index contributed by atoms with van der Waals surface area (Å²) in [5.74, 6) is 0.292. The quantitative estimate of drug-likeness (QED) is 0.788. The summed E-state index contributed by atoms with van der Waals surface area (Å²) < 4.78 is 4.96. The minimum atomic E-state index is -0.280. The fraction of sp³-hybridized carbons (Fsp3) is 0.846. The van der Waals surface area contributed by atoms with Gasteiger partial charge in [0.25, 0.3) is 0 Å². The van der Waals surface area contributed by atoms with E-state index in [0.717, 1.165) is 19.3 Å². The Labute approximate surface area is 113 Å². The minimum absolute atomic E-state index is 0.0872. The molecule has 2 fully saturated rings. The summed E-state index contributed by atoms with van der Waals surface area (Å²) in [6.07, 6.45) is 2.37. The minimum Gasteiger partial charge on any atom is -0.450 e. The third kappa shape index (κ3) is 3.37. The van der Waals surface area contributed by atoms with E-state index >= 15 is 0 Å². The van der Waals surface area contributed by atoms with E-state index in [1.165, 1.54) is 0 Å².